The van der Waals surface area contributed by atoms with Crippen molar-refractivity contribution in [2.24, 2.45) is 0 Å². The zero-order valence-corrected chi connectivity index (χ0v) is 13.8. The number of methoxy groups -OCH3 is 2. The van der Waals surface area contributed by atoms with Gasteiger partial charge in [-0.3, -0.25) is 4.79 Å². The number of hydrogen-bond acceptors (Lipinski definition) is 5. The monoisotopic (exact) mass is 308 g/mol. The molecule has 1 aliphatic heterocycles. The molecule has 1 aliphatic rings. The third-order valence-electron chi connectivity index (χ3n) is 4.16. The van der Waals surface area contributed by atoms with Gasteiger partial charge in [0.05, 0.1) is 26.2 Å². The molecule has 2 rings (SSSR count). The van der Waals surface area contributed by atoms with Crippen molar-refractivity contribution >= 4 is 5.97 Å². The lowest BCUT2D eigenvalue weighted by Gasteiger charge is -2.36. The highest BCUT2D eigenvalue weighted by Crippen LogP contribution is 2.41. The number of carbonyl (C=O) groups is 1. The van der Waals surface area contributed by atoms with Crippen LogP contribution in [0.25, 0.3) is 0 Å². The highest BCUT2D eigenvalue weighted by Gasteiger charge is 2.39. The van der Waals surface area contributed by atoms with E-state index in [4.69, 9.17) is 14.2 Å². The Hall–Kier alpha value is -1.75. The van der Waals surface area contributed by atoms with Crippen LogP contribution in [0, 0.1) is 6.92 Å². The molecule has 0 unspecified atom stereocenters. The fraction of sp³-hybridized carbons (Fsp3) is 0.588. The van der Waals surface area contributed by atoms with Crippen molar-refractivity contribution in [3.8, 4) is 11.5 Å². The van der Waals surface area contributed by atoms with E-state index in [1.807, 2.05) is 19.1 Å². The van der Waals surface area contributed by atoms with Gasteiger partial charge in [0, 0.05) is 11.5 Å². The van der Waals surface area contributed by atoms with E-state index in [2.05, 4.69) is 0 Å². The number of cyclic esters (lactones) is 1. The van der Waals surface area contributed by atoms with Gasteiger partial charge in [-0.05, 0) is 44.9 Å². The first-order chi connectivity index (χ1) is 10.3. The van der Waals surface area contributed by atoms with Crippen LogP contribution in [0.2, 0.25) is 0 Å². The van der Waals surface area contributed by atoms with Crippen LogP contribution in [0.4, 0.5) is 0 Å². The fourth-order valence-corrected chi connectivity index (χ4v) is 2.86. The summed E-state index contributed by atoms with van der Waals surface area (Å²) in [6, 6.07) is 3.83. The van der Waals surface area contributed by atoms with Crippen LogP contribution < -0.4 is 9.47 Å². The molecule has 122 valence electrons. The molecule has 0 aromatic heterocycles. The van der Waals surface area contributed by atoms with Crippen molar-refractivity contribution in [3.05, 3.63) is 23.3 Å². The molecular weight excluding hydrogens is 284 g/mol. The van der Waals surface area contributed by atoms with E-state index < -0.39 is 11.7 Å². The molecule has 1 N–H and O–H groups in total. The summed E-state index contributed by atoms with van der Waals surface area (Å²) >= 11 is 0. The number of esters is 1. The lowest BCUT2D eigenvalue weighted by molar-refractivity contribution is -0.170. The van der Waals surface area contributed by atoms with E-state index >= 15 is 0 Å². The second kappa shape index (κ2) is 6.16. The molecule has 0 spiro atoms. The first-order valence-electron chi connectivity index (χ1n) is 7.40. The molecule has 0 aliphatic carbocycles. The number of benzene rings is 1. The summed E-state index contributed by atoms with van der Waals surface area (Å²) in [4.78, 5) is 11.9. The molecule has 1 saturated heterocycles. The minimum Gasteiger partial charge on any atom is -0.496 e. The summed E-state index contributed by atoms with van der Waals surface area (Å²) in [5.41, 5.74) is 0.812. The quantitative estimate of drug-likeness (QED) is 0.866. The summed E-state index contributed by atoms with van der Waals surface area (Å²) < 4.78 is 16.1. The molecule has 5 heteroatoms. The number of carbonyl (C=O) groups excluding carboxylic acids is 1. The molecular formula is C17H24O5. The Bertz CT molecular complexity index is 559. The van der Waals surface area contributed by atoms with Crippen LogP contribution in [0.15, 0.2) is 12.1 Å². The highest BCUT2D eigenvalue weighted by molar-refractivity contribution is 5.72. The Balaban J connectivity index is 2.39. The van der Waals surface area contributed by atoms with E-state index in [-0.39, 0.29) is 18.3 Å². The average molecular weight is 308 g/mol. The number of rotatable bonds is 4. The highest BCUT2D eigenvalue weighted by atomic mass is 16.6. The molecule has 0 bridgehead atoms. The molecule has 1 aromatic rings. The van der Waals surface area contributed by atoms with Crippen LogP contribution in [0.5, 0.6) is 11.5 Å². The van der Waals surface area contributed by atoms with Gasteiger partial charge in [-0.2, -0.15) is 0 Å². The van der Waals surface area contributed by atoms with Gasteiger partial charge >= 0.3 is 5.97 Å². The van der Waals surface area contributed by atoms with Crippen LogP contribution >= 0.6 is 0 Å². The van der Waals surface area contributed by atoms with Crippen LogP contribution in [0.3, 0.4) is 0 Å². The maximum atomic E-state index is 11.9. The lowest BCUT2D eigenvalue weighted by atomic mass is 9.82. The summed E-state index contributed by atoms with van der Waals surface area (Å²) in [5.74, 6) is 1.12. The number of ether oxygens (including phenoxy) is 3. The van der Waals surface area contributed by atoms with Gasteiger partial charge in [0.2, 0.25) is 0 Å². The van der Waals surface area contributed by atoms with E-state index in [0.29, 0.717) is 6.42 Å². The summed E-state index contributed by atoms with van der Waals surface area (Å²) in [6.45, 7) is 5.25. The molecule has 5 nitrogen and oxygen atoms in total. The van der Waals surface area contributed by atoms with Crippen molar-refractivity contribution in [2.75, 3.05) is 14.2 Å². The van der Waals surface area contributed by atoms with Gasteiger partial charge in [0.1, 0.15) is 17.6 Å². The Morgan fingerprint density at radius 1 is 1.23 bits per heavy atom. The number of aliphatic hydroxyl groups is 1. The summed E-state index contributed by atoms with van der Waals surface area (Å²) in [7, 11) is 3.23. The van der Waals surface area contributed by atoms with Crippen molar-refractivity contribution in [1.29, 1.82) is 0 Å². The zero-order chi connectivity index (χ0) is 16.5. The lowest BCUT2D eigenvalue weighted by Crippen LogP contribution is -2.43. The molecule has 0 amide bonds. The van der Waals surface area contributed by atoms with Crippen molar-refractivity contribution in [3.63, 3.8) is 0 Å². The molecule has 1 heterocycles. The predicted octanol–water partition coefficient (Wildman–Crippen LogP) is 2.57. The first kappa shape index (κ1) is 16.6. The van der Waals surface area contributed by atoms with Crippen molar-refractivity contribution in [2.45, 2.75) is 51.2 Å². The van der Waals surface area contributed by atoms with Crippen LogP contribution in [0.1, 0.15) is 43.7 Å². The standard InChI is InChI=1S/C17H24O5/c1-10-6-14(21-5)12(9-13(10)20-4)11-7-15(17(2,3)19)22-16(18)8-11/h6,9,11,15,19H,7-8H2,1-5H3/t11-,15+/m0/s1. The predicted molar refractivity (Wildman–Crippen MR) is 82.4 cm³/mol. The maximum Gasteiger partial charge on any atom is 0.306 e. The largest absolute Gasteiger partial charge is 0.496 e. The molecule has 22 heavy (non-hydrogen) atoms. The Morgan fingerprint density at radius 2 is 1.86 bits per heavy atom. The molecule has 0 radical (unpaired) electrons. The summed E-state index contributed by atoms with van der Waals surface area (Å²) in [6.07, 6.45) is 0.295. The van der Waals surface area contributed by atoms with Gasteiger partial charge in [0.15, 0.2) is 0 Å². The smallest absolute Gasteiger partial charge is 0.306 e. The summed E-state index contributed by atoms with van der Waals surface area (Å²) in [5, 5.41) is 10.2. The molecule has 2 atom stereocenters. The van der Waals surface area contributed by atoms with E-state index in [9.17, 15) is 9.90 Å². The Morgan fingerprint density at radius 3 is 2.41 bits per heavy atom. The second-order valence-corrected chi connectivity index (χ2v) is 6.33. The molecule has 0 saturated carbocycles. The minimum absolute atomic E-state index is 0.0675. The second-order valence-electron chi connectivity index (χ2n) is 6.33. The van der Waals surface area contributed by atoms with E-state index in [1.54, 1.807) is 28.1 Å². The van der Waals surface area contributed by atoms with Crippen LogP contribution in [-0.4, -0.2) is 37.0 Å². The fourth-order valence-electron chi connectivity index (χ4n) is 2.86. The van der Waals surface area contributed by atoms with Gasteiger partial charge < -0.3 is 19.3 Å². The van der Waals surface area contributed by atoms with Crippen molar-refractivity contribution in [1.82, 2.24) is 0 Å². The van der Waals surface area contributed by atoms with Crippen LogP contribution in [-0.2, 0) is 9.53 Å². The number of hydrogen-bond donors (Lipinski definition) is 1. The molecule has 1 fully saturated rings. The Kier molecular flexibility index (Phi) is 4.66. The first-order valence-corrected chi connectivity index (χ1v) is 7.40. The molecule has 1 aromatic carbocycles. The van der Waals surface area contributed by atoms with E-state index in [1.165, 1.54) is 0 Å². The van der Waals surface area contributed by atoms with Crippen molar-refractivity contribution < 1.29 is 24.1 Å². The third kappa shape index (κ3) is 3.35. The normalized spacial score (nSPS) is 22.2. The maximum absolute atomic E-state index is 11.9. The van der Waals surface area contributed by atoms with Gasteiger partial charge in [0.25, 0.3) is 0 Å². The topological polar surface area (TPSA) is 65.0 Å². The van der Waals surface area contributed by atoms with E-state index in [0.717, 1.165) is 22.6 Å². The van der Waals surface area contributed by atoms with Gasteiger partial charge in [-0.15, -0.1) is 0 Å². The SMILES string of the molecule is COc1cc([C@@H]2CC(=O)O[C@@H](C(C)(C)O)C2)c(OC)cc1C. The van der Waals surface area contributed by atoms with Gasteiger partial charge in [-0.1, -0.05) is 0 Å². The Labute approximate surface area is 131 Å². The third-order valence-corrected chi connectivity index (χ3v) is 4.16. The average Bonchev–Trinajstić information content (AvgIpc) is 2.45. The minimum atomic E-state index is -1.07. The number of aryl methyl sites for hydroxylation is 1. The van der Waals surface area contributed by atoms with Gasteiger partial charge in [-0.25, -0.2) is 0 Å². The zero-order valence-electron chi connectivity index (χ0n) is 13.8.